The molecule has 4 rings (SSSR count). The normalized spacial score (nSPS) is 25.9. The zero-order chi connectivity index (χ0) is 41.4. The second-order valence-electron chi connectivity index (χ2n) is 15.3. The van der Waals surface area contributed by atoms with Crippen LogP contribution in [0.25, 0.3) is 0 Å². The highest BCUT2D eigenvalue weighted by molar-refractivity contribution is 5.69. The Bertz CT molecular complexity index is 1520. The number of aryl methyl sites for hydroxylation is 2. The molecule has 2 fully saturated rings. The average Bonchev–Trinajstić information content (AvgIpc) is 3.64. The number of benzene rings is 2. The van der Waals surface area contributed by atoms with E-state index in [0.717, 1.165) is 25.7 Å². The third-order valence-corrected chi connectivity index (χ3v) is 11.0. The molecule has 0 unspecified atom stereocenters. The van der Waals surface area contributed by atoms with Gasteiger partial charge in [-0.3, -0.25) is 9.59 Å². The number of rotatable bonds is 22. The third kappa shape index (κ3) is 18.5. The fourth-order valence-corrected chi connectivity index (χ4v) is 7.62. The van der Waals surface area contributed by atoms with E-state index in [4.69, 9.17) is 5.11 Å². The molecule has 0 saturated heterocycles. The van der Waals surface area contributed by atoms with E-state index >= 15 is 0 Å². The van der Waals surface area contributed by atoms with Crippen LogP contribution in [0, 0.1) is 23.7 Å². The van der Waals surface area contributed by atoms with Crippen molar-refractivity contribution >= 4 is 11.9 Å². The van der Waals surface area contributed by atoms with Crippen molar-refractivity contribution in [2.24, 2.45) is 23.7 Å². The van der Waals surface area contributed by atoms with Gasteiger partial charge in [0.25, 0.3) is 0 Å². The van der Waals surface area contributed by atoms with E-state index in [2.05, 4.69) is 4.74 Å². The number of hydrogen-bond acceptors (Lipinski definition) is 9. The number of carbonyl (C=O) groups is 2. The van der Waals surface area contributed by atoms with Gasteiger partial charge in [-0.2, -0.15) is 0 Å². The Morgan fingerprint density at radius 1 is 0.649 bits per heavy atom. The second kappa shape index (κ2) is 26.9. The summed E-state index contributed by atoms with van der Waals surface area (Å²) in [5, 5.41) is 70.3. The molecule has 0 amide bonds. The molecule has 2 aliphatic rings. The molecule has 2 aromatic rings. The number of aliphatic carboxylic acids is 1. The van der Waals surface area contributed by atoms with Gasteiger partial charge in [-0.1, -0.05) is 109 Å². The van der Waals surface area contributed by atoms with Crippen LogP contribution in [-0.4, -0.2) is 91.4 Å². The molecular formula is C47H66O10. The van der Waals surface area contributed by atoms with Crippen molar-refractivity contribution in [3.8, 4) is 0 Å². The molecule has 0 spiro atoms. The van der Waals surface area contributed by atoms with Crippen LogP contribution in [0.4, 0.5) is 0 Å². The Balaban J connectivity index is 0.000000306. The van der Waals surface area contributed by atoms with E-state index in [9.17, 15) is 40.2 Å². The maximum atomic E-state index is 11.1. The molecule has 0 aromatic heterocycles. The van der Waals surface area contributed by atoms with Gasteiger partial charge in [0.05, 0.1) is 43.7 Å². The van der Waals surface area contributed by atoms with E-state index < -0.39 is 42.6 Å². The van der Waals surface area contributed by atoms with Crippen molar-refractivity contribution in [3.05, 3.63) is 120 Å². The standard InChI is InChI=1S/C24H34O5.C23H32O5/c1-29-24(28)12-8-3-2-7-11-20-21(23(27)17-22(20)26)16-15-19(25)14-13-18-9-5-4-6-10-18;24-18(13-12-17-8-4-3-5-9-17)14-15-20-19(21(25)16-22(20)26)10-6-1-2-7-11-23(27)28/h2,4-7,9-10,15-16,19-23,25-27H,3,8,11-14,17H2,1H3;1,3-6,8-9,14-15,18-22,24-26H,2,7,10-13,16H2,(H,27,28)/b7-2-,16-15+;6-1-,15-14+/t19-,20+,21+,22-,23+;18-,19+,20+,21-,22+/m00/s1. The summed E-state index contributed by atoms with van der Waals surface area (Å²) in [5.41, 5.74) is 2.36. The third-order valence-electron chi connectivity index (χ3n) is 11.0. The van der Waals surface area contributed by atoms with Gasteiger partial charge in [-0.05, 0) is 87.2 Å². The maximum Gasteiger partial charge on any atom is 0.305 e. The summed E-state index contributed by atoms with van der Waals surface area (Å²) < 4.78 is 4.61. The number of ether oxygens (including phenoxy) is 1. The minimum Gasteiger partial charge on any atom is -0.481 e. The first-order chi connectivity index (χ1) is 27.5. The van der Waals surface area contributed by atoms with Gasteiger partial charge in [0, 0.05) is 37.5 Å². The molecule has 0 heterocycles. The number of hydrogen-bond donors (Lipinski definition) is 7. The summed E-state index contributed by atoms with van der Waals surface area (Å²) in [6, 6.07) is 20.0. The molecule has 314 valence electrons. The van der Waals surface area contributed by atoms with E-state index in [1.165, 1.54) is 18.2 Å². The Hall–Kier alpha value is -3.90. The molecule has 10 heteroatoms. The van der Waals surface area contributed by atoms with Crippen LogP contribution >= 0.6 is 0 Å². The molecule has 2 saturated carbocycles. The van der Waals surface area contributed by atoms with Crippen molar-refractivity contribution < 1.29 is 50.1 Å². The lowest BCUT2D eigenvalue weighted by molar-refractivity contribution is -0.140. The molecule has 0 bridgehead atoms. The van der Waals surface area contributed by atoms with Crippen molar-refractivity contribution in [2.75, 3.05) is 7.11 Å². The number of carbonyl (C=O) groups excluding carboxylic acids is 1. The minimum absolute atomic E-state index is 0.0700. The van der Waals surface area contributed by atoms with Crippen LogP contribution in [0.1, 0.15) is 88.2 Å². The summed E-state index contributed by atoms with van der Waals surface area (Å²) in [5.74, 6) is -1.52. The quantitative estimate of drug-likeness (QED) is 0.0407. The molecule has 10 atom stereocenters. The van der Waals surface area contributed by atoms with Crippen molar-refractivity contribution in [2.45, 2.75) is 127 Å². The van der Waals surface area contributed by atoms with Gasteiger partial charge in [0.15, 0.2) is 0 Å². The van der Waals surface area contributed by atoms with Gasteiger partial charge in [-0.15, -0.1) is 0 Å². The SMILES string of the molecule is COC(=O)CCC/C=C\C[C@@H]1[C@@H](/C=C/[C@@H](O)CCc2ccccc2)[C@H](O)C[C@@H]1O.O=C(O)CCC/C=C\C[C@@H]1[C@@H](/C=C/[C@@H](O)CCc2ccccc2)[C@H](O)C[C@@H]1O. The van der Waals surface area contributed by atoms with E-state index in [0.29, 0.717) is 57.8 Å². The zero-order valence-electron chi connectivity index (χ0n) is 33.4. The van der Waals surface area contributed by atoms with Crippen LogP contribution < -0.4 is 0 Å². The lowest BCUT2D eigenvalue weighted by atomic mass is 9.89. The lowest BCUT2D eigenvalue weighted by Crippen LogP contribution is -2.20. The van der Waals surface area contributed by atoms with Gasteiger partial charge < -0.3 is 40.5 Å². The van der Waals surface area contributed by atoms with Gasteiger partial charge in [0.1, 0.15) is 0 Å². The highest BCUT2D eigenvalue weighted by Crippen LogP contribution is 2.37. The zero-order valence-corrected chi connectivity index (χ0v) is 33.4. The Kier molecular flexibility index (Phi) is 22.4. The number of esters is 1. The summed E-state index contributed by atoms with van der Waals surface area (Å²) in [6.07, 6.45) is 19.8. The molecule has 0 aliphatic heterocycles. The number of carboxylic acids is 1. The number of aliphatic hydroxyl groups is 6. The Morgan fingerprint density at radius 3 is 1.47 bits per heavy atom. The van der Waals surface area contributed by atoms with Crippen LogP contribution in [-0.2, 0) is 27.2 Å². The van der Waals surface area contributed by atoms with Gasteiger partial charge in [0.2, 0.25) is 0 Å². The fourth-order valence-electron chi connectivity index (χ4n) is 7.62. The molecule has 57 heavy (non-hydrogen) atoms. The first-order valence-electron chi connectivity index (χ1n) is 20.6. The highest BCUT2D eigenvalue weighted by atomic mass is 16.5. The number of aliphatic hydroxyl groups excluding tert-OH is 6. The molecule has 10 nitrogen and oxygen atoms in total. The second-order valence-corrected chi connectivity index (χ2v) is 15.3. The van der Waals surface area contributed by atoms with Crippen molar-refractivity contribution in [1.29, 1.82) is 0 Å². The summed E-state index contributed by atoms with van der Waals surface area (Å²) >= 11 is 0. The van der Waals surface area contributed by atoms with Crippen LogP contribution in [0.15, 0.2) is 109 Å². The summed E-state index contributed by atoms with van der Waals surface area (Å²) in [4.78, 5) is 21.6. The summed E-state index contributed by atoms with van der Waals surface area (Å²) in [7, 11) is 1.39. The van der Waals surface area contributed by atoms with Crippen molar-refractivity contribution in [1.82, 2.24) is 0 Å². The van der Waals surface area contributed by atoms with E-state index in [1.807, 2.05) is 97.1 Å². The minimum atomic E-state index is -0.793. The van der Waals surface area contributed by atoms with Crippen LogP contribution in [0.5, 0.6) is 0 Å². The van der Waals surface area contributed by atoms with Gasteiger partial charge in [-0.25, -0.2) is 0 Å². The molecular weight excluding hydrogens is 725 g/mol. The van der Waals surface area contributed by atoms with Crippen LogP contribution in [0.3, 0.4) is 0 Å². The first kappa shape index (κ1) is 47.5. The highest BCUT2D eigenvalue weighted by Gasteiger charge is 2.40. The topological polar surface area (TPSA) is 185 Å². The predicted octanol–water partition coefficient (Wildman–Crippen LogP) is 6.28. The number of allylic oxidation sites excluding steroid dienone is 4. The summed E-state index contributed by atoms with van der Waals surface area (Å²) in [6.45, 7) is 0. The predicted molar refractivity (Wildman–Crippen MR) is 222 cm³/mol. The van der Waals surface area contributed by atoms with Crippen LogP contribution in [0.2, 0.25) is 0 Å². The fraction of sp³-hybridized carbons (Fsp3) is 0.532. The van der Waals surface area contributed by atoms with Gasteiger partial charge >= 0.3 is 11.9 Å². The lowest BCUT2D eigenvalue weighted by Gasteiger charge is -2.19. The molecule has 0 radical (unpaired) electrons. The monoisotopic (exact) mass is 790 g/mol. The Morgan fingerprint density at radius 2 is 1.07 bits per heavy atom. The first-order valence-corrected chi connectivity index (χ1v) is 20.6. The molecule has 7 N–H and O–H groups in total. The molecule has 2 aliphatic carbocycles. The Labute approximate surface area is 338 Å². The number of carboxylic acid groups (broad SMARTS) is 1. The number of unbranched alkanes of at least 4 members (excludes halogenated alkanes) is 2. The van der Waals surface area contributed by atoms with Crippen molar-refractivity contribution in [3.63, 3.8) is 0 Å². The number of methoxy groups -OCH3 is 1. The average molecular weight is 791 g/mol. The largest absolute Gasteiger partial charge is 0.481 e. The smallest absolute Gasteiger partial charge is 0.305 e. The van der Waals surface area contributed by atoms with E-state index in [-0.39, 0.29) is 36.1 Å². The maximum absolute atomic E-state index is 11.1. The van der Waals surface area contributed by atoms with E-state index in [1.54, 1.807) is 12.2 Å². The molecule has 2 aromatic carbocycles.